The fourth-order valence-corrected chi connectivity index (χ4v) is 4.58. The van der Waals surface area contributed by atoms with Crippen molar-refractivity contribution in [2.24, 2.45) is 5.92 Å². The van der Waals surface area contributed by atoms with Gasteiger partial charge in [0.25, 0.3) is 0 Å². The van der Waals surface area contributed by atoms with E-state index >= 15 is 0 Å². The molecule has 1 saturated carbocycles. The zero-order chi connectivity index (χ0) is 15.5. The Labute approximate surface area is 134 Å². The van der Waals surface area contributed by atoms with Gasteiger partial charge in [-0.3, -0.25) is 9.59 Å². The van der Waals surface area contributed by atoms with Gasteiger partial charge in [-0.05, 0) is 44.1 Å². The topological polar surface area (TPSA) is 70.0 Å². The molecule has 4 nitrogen and oxygen atoms in total. The quantitative estimate of drug-likeness (QED) is 0.685. The summed E-state index contributed by atoms with van der Waals surface area (Å²) in [5, 5.41) is 14.0. The largest absolute Gasteiger partial charge is 0.352 e. The molecule has 1 fully saturated rings. The number of nitriles is 1. The molecule has 2 aliphatic rings. The summed E-state index contributed by atoms with van der Waals surface area (Å²) in [5.74, 6) is -1.95. The van der Waals surface area contributed by atoms with Crippen LogP contribution in [0, 0.1) is 17.2 Å². The Hall–Kier alpha value is -1.67. The summed E-state index contributed by atoms with van der Waals surface area (Å²) in [6.07, 6.45) is 8.25. The molecule has 3 rings (SSSR count). The highest BCUT2D eigenvalue weighted by molar-refractivity contribution is 7.10. The van der Waals surface area contributed by atoms with Gasteiger partial charge in [0.2, 0.25) is 5.91 Å². The second-order valence-corrected chi connectivity index (χ2v) is 7.14. The zero-order valence-corrected chi connectivity index (χ0v) is 13.4. The minimum absolute atomic E-state index is 0.132. The number of nitrogens with one attached hydrogen (secondary N) is 1. The monoisotopic (exact) mass is 316 g/mol. The molecule has 0 radical (unpaired) electrons. The molecule has 1 aromatic rings. The molecule has 0 aromatic carbocycles. The number of hydrogen-bond acceptors (Lipinski definition) is 4. The minimum atomic E-state index is -1.21. The van der Waals surface area contributed by atoms with E-state index in [9.17, 15) is 14.9 Å². The molecule has 0 saturated heterocycles. The Bertz CT molecular complexity index is 623. The number of thiophene rings is 1. The van der Waals surface area contributed by atoms with Gasteiger partial charge in [0, 0.05) is 21.9 Å². The maximum absolute atomic E-state index is 12.6. The predicted molar refractivity (Wildman–Crippen MR) is 84.8 cm³/mol. The molecule has 1 aromatic heterocycles. The molecule has 0 unspecified atom stereocenters. The molecule has 1 atom stereocenters. The summed E-state index contributed by atoms with van der Waals surface area (Å²) in [4.78, 5) is 26.2. The van der Waals surface area contributed by atoms with Crippen molar-refractivity contribution >= 4 is 23.0 Å². The smallest absolute Gasteiger partial charge is 0.245 e. The Morgan fingerprint density at radius 2 is 1.95 bits per heavy atom. The van der Waals surface area contributed by atoms with Crippen LogP contribution in [0.3, 0.4) is 0 Å². The fraction of sp³-hybridized carbons (Fsp3) is 0.588. The number of Topliss-reactive ketones (excluding diaryl/α,β-unsaturated/α-hetero) is 1. The van der Waals surface area contributed by atoms with Crippen molar-refractivity contribution < 1.29 is 9.59 Å². The van der Waals surface area contributed by atoms with Crippen LogP contribution in [-0.2, 0) is 17.6 Å². The van der Waals surface area contributed by atoms with Crippen LogP contribution < -0.4 is 5.32 Å². The summed E-state index contributed by atoms with van der Waals surface area (Å²) in [7, 11) is 0. The maximum Gasteiger partial charge on any atom is 0.245 e. The van der Waals surface area contributed by atoms with E-state index in [4.69, 9.17) is 0 Å². The Morgan fingerprint density at radius 3 is 2.68 bits per heavy atom. The lowest BCUT2D eigenvalue weighted by molar-refractivity contribution is -0.122. The van der Waals surface area contributed by atoms with E-state index in [1.54, 1.807) is 11.3 Å². The molecular weight excluding hydrogens is 296 g/mol. The van der Waals surface area contributed by atoms with Gasteiger partial charge in [-0.1, -0.05) is 12.8 Å². The van der Waals surface area contributed by atoms with Crippen molar-refractivity contribution in [1.82, 2.24) is 5.32 Å². The molecule has 0 aliphatic heterocycles. The molecule has 116 valence electrons. The highest BCUT2D eigenvalue weighted by Gasteiger charge is 2.32. The molecule has 1 amide bonds. The van der Waals surface area contributed by atoms with Gasteiger partial charge >= 0.3 is 0 Å². The fourth-order valence-electron chi connectivity index (χ4n) is 3.45. The van der Waals surface area contributed by atoms with Crippen molar-refractivity contribution in [2.45, 2.75) is 57.4 Å². The summed E-state index contributed by atoms with van der Waals surface area (Å²) < 4.78 is 0. The molecule has 5 heteroatoms. The molecule has 1 N–H and O–H groups in total. The van der Waals surface area contributed by atoms with Gasteiger partial charge in [0.05, 0.1) is 6.07 Å². The molecule has 1 heterocycles. The van der Waals surface area contributed by atoms with E-state index in [1.807, 2.05) is 11.4 Å². The van der Waals surface area contributed by atoms with Crippen molar-refractivity contribution in [3.8, 4) is 6.07 Å². The summed E-state index contributed by atoms with van der Waals surface area (Å²) >= 11 is 1.59. The first kappa shape index (κ1) is 15.2. The number of amides is 1. The van der Waals surface area contributed by atoms with Crippen LogP contribution >= 0.6 is 11.3 Å². The van der Waals surface area contributed by atoms with Crippen LogP contribution in [0.25, 0.3) is 0 Å². The first-order valence-electron chi connectivity index (χ1n) is 8.04. The van der Waals surface area contributed by atoms with Gasteiger partial charge in [-0.2, -0.15) is 5.26 Å². The third-order valence-corrected chi connectivity index (χ3v) is 5.77. The molecule has 0 bridgehead atoms. The number of ketones is 1. The number of carbonyl (C=O) groups is 2. The number of hydrogen-bond donors (Lipinski definition) is 1. The highest BCUT2D eigenvalue weighted by Crippen LogP contribution is 2.31. The average molecular weight is 316 g/mol. The number of rotatable bonds is 4. The summed E-state index contributed by atoms with van der Waals surface area (Å²) in [5.41, 5.74) is 1.68. The third-order valence-electron chi connectivity index (χ3n) is 4.68. The Kier molecular flexibility index (Phi) is 4.58. The van der Waals surface area contributed by atoms with Crippen molar-refractivity contribution in [3.05, 3.63) is 21.4 Å². The van der Waals surface area contributed by atoms with Crippen LogP contribution in [0.5, 0.6) is 0 Å². The second kappa shape index (κ2) is 6.62. The van der Waals surface area contributed by atoms with Crippen LogP contribution in [0.2, 0.25) is 0 Å². The molecule has 0 spiro atoms. The van der Waals surface area contributed by atoms with Gasteiger partial charge in [0.1, 0.15) is 0 Å². The first-order chi connectivity index (χ1) is 10.7. The lowest BCUT2D eigenvalue weighted by atomic mass is 9.90. The normalized spacial score (nSPS) is 19.2. The number of fused-ring (bicyclic) bond motifs is 1. The Balaban J connectivity index is 1.75. The number of nitrogens with zero attached hydrogens (tertiary/aromatic N) is 1. The van der Waals surface area contributed by atoms with Crippen molar-refractivity contribution in [3.63, 3.8) is 0 Å². The lowest BCUT2D eigenvalue weighted by Crippen LogP contribution is -2.40. The van der Waals surface area contributed by atoms with Gasteiger partial charge in [-0.25, -0.2) is 0 Å². The van der Waals surface area contributed by atoms with Gasteiger partial charge in [-0.15, -0.1) is 11.3 Å². The average Bonchev–Trinajstić information content (AvgIpc) is 3.16. The van der Waals surface area contributed by atoms with Crippen molar-refractivity contribution in [2.75, 3.05) is 0 Å². The van der Waals surface area contributed by atoms with Gasteiger partial charge in [0.15, 0.2) is 11.7 Å². The molecule has 2 aliphatic carbocycles. The lowest BCUT2D eigenvalue weighted by Gasteiger charge is -2.16. The van der Waals surface area contributed by atoms with Crippen LogP contribution in [0.4, 0.5) is 0 Å². The van der Waals surface area contributed by atoms with Gasteiger partial charge < -0.3 is 5.32 Å². The van der Waals surface area contributed by atoms with Crippen LogP contribution in [0.15, 0.2) is 5.38 Å². The standard InChI is InChI=1S/C17H20N2O2S/c18-9-13(17(21)19-11-5-1-2-6-11)16(20)14-10-22-15-8-4-3-7-12(14)15/h10-11,13H,1-8H2,(H,19,21)/t13-/m0/s1. The van der Waals surface area contributed by atoms with E-state index in [-0.39, 0.29) is 11.8 Å². The maximum atomic E-state index is 12.6. The van der Waals surface area contributed by atoms with Crippen molar-refractivity contribution in [1.29, 1.82) is 5.26 Å². The summed E-state index contributed by atoms with van der Waals surface area (Å²) in [6, 6.07) is 2.05. The SMILES string of the molecule is N#C[C@H](C(=O)NC1CCCC1)C(=O)c1csc2c1CCCC2. The summed E-state index contributed by atoms with van der Waals surface area (Å²) in [6.45, 7) is 0. The predicted octanol–water partition coefficient (Wildman–Crippen LogP) is 3.01. The van der Waals surface area contributed by atoms with E-state index in [0.717, 1.165) is 56.9 Å². The third kappa shape index (κ3) is 2.93. The number of carbonyl (C=O) groups excluding carboxylic acids is 2. The number of aryl methyl sites for hydroxylation is 1. The van der Waals surface area contributed by atoms with Crippen LogP contribution in [0.1, 0.15) is 59.3 Å². The van der Waals surface area contributed by atoms with E-state index in [1.165, 1.54) is 4.88 Å². The molecule has 22 heavy (non-hydrogen) atoms. The van der Waals surface area contributed by atoms with Crippen LogP contribution in [-0.4, -0.2) is 17.7 Å². The minimum Gasteiger partial charge on any atom is -0.352 e. The van der Waals surface area contributed by atoms with E-state index < -0.39 is 11.8 Å². The first-order valence-corrected chi connectivity index (χ1v) is 8.92. The Morgan fingerprint density at radius 1 is 1.23 bits per heavy atom. The molecular formula is C17H20N2O2S. The zero-order valence-electron chi connectivity index (χ0n) is 12.6. The van der Waals surface area contributed by atoms with E-state index in [0.29, 0.717) is 5.56 Å². The highest BCUT2D eigenvalue weighted by atomic mass is 32.1. The van der Waals surface area contributed by atoms with E-state index in [2.05, 4.69) is 5.32 Å². The second-order valence-electron chi connectivity index (χ2n) is 6.17.